The molecule has 3 aromatic rings. The van der Waals surface area contributed by atoms with E-state index in [2.05, 4.69) is 32.4 Å². The highest BCUT2D eigenvalue weighted by Gasteiger charge is 2.47. The summed E-state index contributed by atoms with van der Waals surface area (Å²) in [6, 6.07) is 10.7. The molecule has 32 heavy (non-hydrogen) atoms. The zero-order valence-electron chi connectivity index (χ0n) is 17.7. The molecule has 3 fully saturated rings. The topological polar surface area (TPSA) is 98.8 Å². The molecule has 9 heteroatoms. The lowest BCUT2D eigenvalue weighted by Crippen LogP contribution is -2.56. The van der Waals surface area contributed by atoms with Gasteiger partial charge < -0.3 is 19.9 Å². The number of piperazine rings is 1. The molecule has 9 nitrogen and oxygen atoms in total. The average Bonchev–Trinajstić information content (AvgIpc) is 3.49. The fraction of sp³-hybridized carbons (Fsp3) is 0.391. The van der Waals surface area contributed by atoms with Gasteiger partial charge in [0, 0.05) is 49.7 Å². The lowest BCUT2D eigenvalue weighted by molar-refractivity contribution is -0.138. The second-order valence-electron chi connectivity index (χ2n) is 8.69. The number of carbonyl (C=O) groups is 1. The van der Waals surface area contributed by atoms with Crippen LogP contribution in [0, 0.1) is 17.2 Å². The number of nitrogens with zero attached hydrogens (tertiary/aromatic N) is 6. The first kappa shape index (κ1) is 19.1. The number of pyridine rings is 2. The number of aromatic nitrogens is 3. The number of amides is 1. The summed E-state index contributed by atoms with van der Waals surface area (Å²) >= 11 is 0. The predicted octanol–water partition coefficient (Wildman–Crippen LogP) is 1.29. The van der Waals surface area contributed by atoms with Crippen molar-refractivity contribution in [2.45, 2.75) is 18.5 Å². The Kier molecular flexibility index (Phi) is 4.30. The SMILES string of the molecule is COc1nn2cc(-c3ccc(N4C[C@H]5C[C@@H]4CN5C(=O)C4CNC4)nc3)ccc2c1C#N. The number of likely N-dealkylation sites (tertiary alicyclic amines) is 1. The Morgan fingerprint density at radius 2 is 2.03 bits per heavy atom. The number of nitriles is 1. The first-order valence-corrected chi connectivity index (χ1v) is 10.9. The van der Waals surface area contributed by atoms with Crippen molar-refractivity contribution in [3.05, 3.63) is 42.2 Å². The van der Waals surface area contributed by atoms with E-state index >= 15 is 0 Å². The maximum absolute atomic E-state index is 12.6. The molecule has 2 atom stereocenters. The number of ether oxygens (including phenoxy) is 1. The number of anilines is 1. The van der Waals surface area contributed by atoms with Crippen molar-refractivity contribution in [1.29, 1.82) is 5.26 Å². The zero-order chi connectivity index (χ0) is 21.8. The van der Waals surface area contributed by atoms with E-state index in [9.17, 15) is 10.1 Å². The van der Waals surface area contributed by atoms with Gasteiger partial charge in [-0.15, -0.1) is 5.10 Å². The number of rotatable bonds is 4. The van der Waals surface area contributed by atoms with Gasteiger partial charge in [0.25, 0.3) is 5.88 Å². The highest BCUT2D eigenvalue weighted by atomic mass is 16.5. The van der Waals surface area contributed by atoms with E-state index in [1.807, 2.05) is 30.6 Å². The summed E-state index contributed by atoms with van der Waals surface area (Å²) < 4.78 is 6.88. The Balaban J connectivity index is 1.20. The van der Waals surface area contributed by atoms with Crippen molar-refractivity contribution in [2.24, 2.45) is 5.92 Å². The third kappa shape index (κ3) is 2.83. The zero-order valence-corrected chi connectivity index (χ0v) is 17.7. The van der Waals surface area contributed by atoms with E-state index < -0.39 is 0 Å². The van der Waals surface area contributed by atoms with Gasteiger partial charge in [0.05, 0.1) is 30.6 Å². The van der Waals surface area contributed by atoms with Crippen LogP contribution < -0.4 is 15.0 Å². The molecule has 3 saturated heterocycles. The summed E-state index contributed by atoms with van der Waals surface area (Å²) in [6.07, 6.45) is 4.78. The predicted molar refractivity (Wildman–Crippen MR) is 117 cm³/mol. The van der Waals surface area contributed by atoms with Crippen LogP contribution in [0.3, 0.4) is 0 Å². The van der Waals surface area contributed by atoms with Crippen molar-refractivity contribution >= 4 is 17.2 Å². The smallest absolute Gasteiger partial charge is 0.251 e. The molecule has 3 aromatic heterocycles. The molecule has 162 valence electrons. The highest BCUT2D eigenvalue weighted by molar-refractivity contribution is 5.81. The van der Waals surface area contributed by atoms with Gasteiger partial charge in [0.1, 0.15) is 17.5 Å². The Hall–Kier alpha value is -3.64. The normalized spacial score (nSPS) is 22.2. The molecule has 0 aliphatic carbocycles. The Morgan fingerprint density at radius 3 is 2.66 bits per heavy atom. The molecule has 0 aromatic carbocycles. The van der Waals surface area contributed by atoms with Crippen LogP contribution in [0.4, 0.5) is 5.82 Å². The summed E-state index contributed by atoms with van der Waals surface area (Å²) in [5.74, 6) is 1.75. The summed E-state index contributed by atoms with van der Waals surface area (Å²) in [5, 5.41) is 16.9. The molecular formula is C23H23N7O2. The molecular weight excluding hydrogens is 406 g/mol. The summed E-state index contributed by atoms with van der Waals surface area (Å²) in [7, 11) is 1.51. The Bertz CT molecular complexity index is 1240. The van der Waals surface area contributed by atoms with Crippen LogP contribution in [0.25, 0.3) is 16.6 Å². The van der Waals surface area contributed by atoms with Crippen LogP contribution >= 0.6 is 0 Å². The third-order valence-corrected chi connectivity index (χ3v) is 6.93. The standard InChI is InChI=1S/C23H23N7O2/c1-32-22-19(7-24)20-4-2-15(11-30(20)27-22)14-3-5-21(26-10-14)28-12-18-6-17(28)13-29(18)23(31)16-8-25-9-16/h2-5,10-11,16-18,25H,6,8-9,12-13H2,1H3/t17-,18-/m1/s1. The molecule has 3 aliphatic heterocycles. The average molecular weight is 429 g/mol. The Morgan fingerprint density at radius 1 is 1.19 bits per heavy atom. The summed E-state index contributed by atoms with van der Waals surface area (Å²) in [6.45, 7) is 3.27. The van der Waals surface area contributed by atoms with Crippen LogP contribution in [0.1, 0.15) is 12.0 Å². The molecule has 0 spiro atoms. The number of nitrogens with one attached hydrogen (secondary N) is 1. The lowest BCUT2D eigenvalue weighted by Gasteiger charge is -2.38. The third-order valence-electron chi connectivity index (χ3n) is 6.93. The van der Waals surface area contributed by atoms with Crippen molar-refractivity contribution in [1.82, 2.24) is 24.8 Å². The number of methoxy groups -OCH3 is 1. The highest BCUT2D eigenvalue weighted by Crippen LogP contribution is 2.35. The van der Waals surface area contributed by atoms with Crippen LogP contribution in [0.2, 0.25) is 0 Å². The second kappa shape index (κ2) is 7.21. The lowest BCUT2D eigenvalue weighted by atomic mass is 10.0. The maximum atomic E-state index is 12.6. The van der Waals surface area contributed by atoms with Gasteiger partial charge in [0.2, 0.25) is 5.91 Å². The van der Waals surface area contributed by atoms with Gasteiger partial charge in [-0.1, -0.05) is 6.07 Å². The van der Waals surface area contributed by atoms with Crippen LogP contribution in [0.5, 0.6) is 5.88 Å². The number of carbonyl (C=O) groups excluding carboxylic acids is 1. The van der Waals surface area contributed by atoms with Crippen molar-refractivity contribution in [3.63, 3.8) is 0 Å². The molecule has 6 heterocycles. The first-order chi connectivity index (χ1) is 15.7. The monoisotopic (exact) mass is 429 g/mol. The maximum Gasteiger partial charge on any atom is 0.251 e. The largest absolute Gasteiger partial charge is 0.479 e. The minimum atomic E-state index is 0.163. The van der Waals surface area contributed by atoms with E-state index in [1.54, 1.807) is 4.52 Å². The molecule has 0 radical (unpaired) electrons. The van der Waals surface area contributed by atoms with Gasteiger partial charge in [-0.25, -0.2) is 9.50 Å². The van der Waals surface area contributed by atoms with Gasteiger partial charge in [-0.3, -0.25) is 4.79 Å². The Labute approximate surface area is 185 Å². The van der Waals surface area contributed by atoms with E-state index in [0.29, 0.717) is 35.0 Å². The molecule has 6 rings (SSSR count). The van der Waals surface area contributed by atoms with E-state index in [-0.39, 0.29) is 5.92 Å². The number of fused-ring (bicyclic) bond motifs is 3. The second-order valence-corrected chi connectivity index (χ2v) is 8.69. The van der Waals surface area contributed by atoms with Crippen molar-refractivity contribution in [3.8, 4) is 23.1 Å². The minimum absolute atomic E-state index is 0.163. The van der Waals surface area contributed by atoms with Crippen molar-refractivity contribution < 1.29 is 9.53 Å². The molecule has 1 amide bonds. The summed E-state index contributed by atoms with van der Waals surface area (Å²) in [4.78, 5) is 21.8. The molecule has 3 aliphatic rings. The van der Waals surface area contributed by atoms with Crippen LogP contribution in [-0.4, -0.2) is 70.8 Å². The molecule has 2 bridgehead atoms. The van der Waals surface area contributed by atoms with E-state index in [1.165, 1.54) is 7.11 Å². The van der Waals surface area contributed by atoms with E-state index in [4.69, 9.17) is 9.72 Å². The number of hydrogen-bond acceptors (Lipinski definition) is 7. The van der Waals surface area contributed by atoms with E-state index in [0.717, 1.165) is 49.5 Å². The van der Waals surface area contributed by atoms with Crippen LogP contribution in [-0.2, 0) is 4.79 Å². The fourth-order valence-electron chi connectivity index (χ4n) is 5.09. The quantitative estimate of drug-likeness (QED) is 0.667. The summed E-state index contributed by atoms with van der Waals surface area (Å²) in [5.41, 5.74) is 3.07. The van der Waals surface area contributed by atoms with Gasteiger partial charge in [0.15, 0.2) is 0 Å². The molecule has 0 unspecified atom stereocenters. The van der Waals surface area contributed by atoms with Crippen molar-refractivity contribution in [2.75, 3.05) is 38.2 Å². The number of hydrogen-bond donors (Lipinski definition) is 1. The first-order valence-electron chi connectivity index (χ1n) is 10.9. The molecule has 0 saturated carbocycles. The van der Waals surface area contributed by atoms with Gasteiger partial charge in [-0.2, -0.15) is 5.26 Å². The minimum Gasteiger partial charge on any atom is -0.479 e. The van der Waals surface area contributed by atoms with Crippen LogP contribution in [0.15, 0.2) is 36.7 Å². The van der Waals surface area contributed by atoms with Gasteiger partial charge >= 0.3 is 0 Å². The fourth-order valence-corrected chi connectivity index (χ4v) is 5.09. The molecule has 1 N–H and O–H groups in total. The van der Waals surface area contributed by atoms with Gasteiger partial charge in [-0.05, 0) is 24.6 Å².